The van der Waals surface area contributed by atoms with Gasteiger partial charge in [0.25, 0.3) is 0 Å². The minimum atomic E-state index is -1.08. The molecule has 0 saturated heterocycles. The molecule has 0 atom stereocenters. The molecule has 2 aromatic rings. The van der Waals surface area contributed by atoms with E-state index in [2.05, 4.69) is 10.5 Å². The number of halogens is 1. The Balaban J connectivity index is 2.10. The summed E-state index contributed by atoms with van der Waals surface area (Å²) in [5, 5.41) is 13.0. The van der Waals surface area contributed by atoms with E-state index in [4.69, 9.17) is 21.1 Å². The lowest BCUT2D eigenvalue weighted by Gasteiger charge is -2.03. The fraction of sp³-hybridized carbons (Fsp3) is 0. The van der Waals surface area contributed by atoms with Crippen LogP contribution in [0.5, 0.6) is 0 Å². The number of nitrogens with one attached hydrogen (secondary N) is 1. The SMILES string of the molecule is O=C(O)c1cc(NN=Cc2ccco2)ccc1Cl. The molecule has 0 amide bonds. The Hall–Kier alpha value is -2.27. The highest BCUT2D eigenvalue weighted by atomic mass is 35.5. The molecule has 0 fully saturated rings. The molecular weight excluding hydrogens is 256 g/mol. The number of hydrogen-bond acceptors (Lipinski definition) is 4. The third-order valence-electron chi connectivity index (χ3n) is 2.13. The van der Waals surface area contributed by atoms with Crippen LogP contribution in [0.25, 0.3) is 0 Å². The summed E-state index contributed by atoms with van der Waals surface area (Å²) >= 11 is 5.74. The van der Waals surface area contributed by atoms with Crippen LogP contribution in [0.15, 0.2) is 46.1 Å². The van der Waals surface area contributed by atoms with Gasteiger partial charge in [-0.05, 0) is 30.3 Å². The maximum Gasteiger partial charge on any atom is 0.337 e. The van der Waals surface area contributed by atoms with Crippen molar-refractivity contribution >= 4 is 29.5 Å². The zero-order valence-corrected chi connectivity index (χ0v) is 9.89. The fourth-order valence-electron chi connectivity index (χ4n) is 1.29. The Bertz CT molecular complexity index is 579. The molecule has 6 heteroatoms. The summed E-state index contributed by atoms with van der Waals surface area (Å²) in [6.07, 6.45) is 3.02. The van der Waals surface area contributed by atoms with E-state index in [1.807, 2.05) is 0 Å². The third kappa shape index (κ3) is 2.89. The van der Waals surface area contributed by atoms with Gasteiger partial charge in [0.1, 0.15) is 5.76 Å². The number of carboxylic acids is 1. The molecule has 18 heavy (non-hydrogen) atoms. The molecule has 0 unspecified atom stereocenters. The van der Waals surface area contributed by atoms with Gasteiger partial charge in [0.2, 0.25) is 0 Å². The topological polar surface area (TPSA) is 74.8 Å². The number of anilines is 1. The minimum absolute atomic E-state index is 0.0230. The van der Waals surface area contributed by atoms with Crippen LogP contribution in [0.1, 0.15) is 16.1 Å². The van der Waals surface area contributed by atoms with E-state index in [1.165, 1.54) is 24.6 Å². The monoisotopic (exact) mass is 264 g/mol. The van der Waals surface area contributed by atoms with E-state index in [9.17, 15) is 4.79 Å². The standard InChI is InChI=1S/C12H9ClN2O3/c13-11-4-3-8(6-10(11)12(16)17)15-14-7-9-2-1-5-18-9/h1-7,15H,(H,16,17). The van der Waals surface area contributed by atoms with Crippen LogP contribution < -0.4 is 5.43 Å². The second-order valence-electron chi connectivity index (χ2n) is 3.39. The maximum atomic E-state index is 10.9. The molecule has 0 aliphatic heterocycles. The lowest BCUT2D eigenvalue weighted by Crippen LogP contribution is -1.99. The second kappa shape index (κ2) is 5.37. The van der Waals surface area contributed by atoms with Crippen molar-refractivity contribution in [2.24, 2.45) is 5.10 Å². The van der Waals surface area contributed by atoms with Crippen molar-refractivity contribution in [3.05, 3.63) is 52.9 Å². The first-order valence-electron chi connectivity index (χ1n) is 5.02. The van der Waals surface area contributed by atoms with E-state index in [0.29, 0.717) is 11.4 Å². The molecule has 1 heterocycles. The van der Waals surface area contributed by atoms with Gasteiger partial charge in [0, 0.05) is 0 Å². The first kappa shape index (κ1) is 12.2. The summed E-state index contributed by atoms with van der Waals surface area (Å²) in [5.41, 5.74) is 3.24. The van der Waals surface area contributed by atoms with Crippen LogP contribution in [0.2, 0.25) is 5.02 Å². The molecule has 0 spiro atoms. The van der Waals surface area contributed by atoms with Gasteiger partial charge < -0.3 is 9.52 Å². The lowest BCUT2D eigenvalue weighted by molar-refractivity contribution is 0.0697. The van der Waals surface area contributed by atoms with E-state index >= 15 is 0 Å². The number of carboxylic acid groups (broad SMARTS) is 1. The molecule has 0 bridgehead atoms. The first-order valence-corrected chi connectivity index (χ1v) is 5.40. The number of rotatable bonds is 4. The molecular formula is C12H9ClN2O3. The molecule has 2 rings (SSSR count). The summed E-state index contributed by atoms with van der Waals surface area (Å²) < 4.78 is 5.05. The van der Waals surface area contributed by atoms with E-state index in [1.54, 1.807) is 18.2 Å². The second-order valence-corrected chi connectivity index (χ2v) is 3.79. The highest BCUT2D eigenvalue weighted by molar-refractivity contribution is 6.33. The Morgan fingerprint density at radius 2 is 2.28 bits per heavy atom. The summed E-state index contributed by atoms with van der Waals surface area (Å²) in [5.74, 6) is -0.492. The molecule has 1 aromatic heterocycles. The number of aromatic carboxylic acids is 1. The maximum absolute atomic E-state index is 10.9. The van der Waals surface area contributed by atoms with Crippen molar-refractivity contribution < 1.29 is 14.3 Å². The Kier molecular flexibility index (Phi) is 3.64. The fourth-order valence-corrected chi connectivity index (χ4v) is 1.49. The smallest absolute Gasteiger partial charge is 0.337 e. The molecule has 0 radical (unpaired) electrons. The number of furan rings is 1. The van der Waals surface area contributed by atoms with Crippen molar-refractivity contribution in [1.29, 1.82) is 0 Å². The summed E-state index contributed by atoms with van der Waals surface area (Å²) in [4.78, 5) is 10.9. The molecule has 0 aliphatic carbocycles. The number of hydrazone groups is 1. The summed E-state index contributed by atoms with van der Waals surface area (Å²) in [6.45, 7) is 0. The zero-order chi connectivity index (χ0) is 13.0. The van der Waals surface area contributed by atoms with E-state index in [0.717, 1.165) is 0 Å². The number of hydrogen-bond donors (Lipinski definition) is 2. The quantitative estimate of drug-likeness (QED) is 0.657. The number of carbonyl (C=O) groups is 1. The molecule has 0 aliphatic rings. The Morgan fingerprint density at radius 1 is 1.44 bits per heavy atom. The van der Waals surface area contributed by atoms with Crippen LogP contribution in [-0.4, -0.2) is 17.3 Å². The van der Waals surface area contributed by atoms with Gasteiger partial charge in [-0.2, -0.15) is 5.10 Å². The lowest BCUT2D eigenvalue weighted by atomic mass is 10.2. The average Bonchev–Trinajstić information content (AvgIpc) is 2.84. The van der Waals surface area contributed by atoms with Crippen molar-refractivity contribution in [2.75, 3.05) is 5.43 Å². The Labute approximate surface area is 108 Å². The molecule has 5 nitrogen and oxygen atoms in total. The molecule has 0 saturated carbocycles. The normalized spacial score (nSPS) is 10.7. The van der Waals surface area contributed by atoms with Gasteiger partial charge in [0.05, 0.1) is 28.8 Å². The predicted octanol–water partition coefficient (Wildman–Crippen LogP) is 3.08. The van der Waals surface area contributed by atoms with Crippen molar-refractivity contribution in [3.63, 3.8) is 0 Å². The predicted molar refractivity (Wildman–Crippen MR) is 68.3 cm³/mol. The van der Waals surface area contributed by atoms with Crippen LogP contribution in [-0.2, 0) is 0 Å². The minimum Gasteiger partial charge on any atom is -0.478 e. The van der Waals surface area contributed by atoms with Gasteiger partial charge >= 0.3 is 5.97 Å². The van der Waals surface area contributed by atoms with Crippen molar-refractivity contribution in [2.45, 2.75) is 0 Å². The molecule has 1 aromatic carbocycles. The van der Waals surface area contributed by atoms with Crippen LogP contribution >= 0.6 is 11.6 Å². The van der Waals surface area contributed by atoms with E-state index < -0.39 is 5.97 Å². The van der Waals surface area contributed by atoms with Gasteiger partial charge in [-0.1, -0.05) is 11.6 Å². The van der Waals surface area contributed by atoms with Crippen molar-refractivity contribution in [3.8, 4) is 0 Å². The van der Waals surface area contributed by atoms with Gasteiger partial charge in [-0.25, -0.2) is 4.79 Å². The van der Waals surface area contributed by atoms with Gasteiger partial charge in [0.15, 0.2) is 0 Å². The molecule has 2 N–H and O–H groups in total. The summed E-state index contributed by atoms with van der Waals surface area (Å²) in [6, 6.07) is 8.02. The average molecular weight is 265 g/mol. The number of benzene rings is 1. The van der Waals surface area contributed by atoms with E-state index in [-0.39, 0.29) is 10.6 Å². The van der Waals surface area contributed by atoms with Crippen LogP contribution in [0.4, 0.5) is 5.69 Å². The van der Waals surface area contributed by atoms with Crippen LogP contribution in [0, 0.1) is 0 Å². The largest absolute Gasteiger partial charge is 0.478 e. The molecule has 92 valence electrons. The van der Waals surface area contributed by atoms with Crippen molar-refractivity contribution in [1.82, 2.24) is 0 Å². The third-order valence-corrected chi connectivity index (χ3v) is 2.45. The summed E-state index contributed by atoms with van der Waals surface area (Å²) in [7, 11) is 0. The van der Waals surface area contributed by atoms with Crippen LogP contribution in [0.3, 0.4) is 0 Å². The highest BCUT2D eigenvalue weighted by Gasteiger charge is 2.08. The zero-order valence-electron chi connectivity index (χ0n) is 9.13. The Morgan fingerprint density at radius 3 is 2.94 bits per heavy atom. The number of nitrogens with zero attached hydrogens (tertiary/aromatic N) is 1. The first-order chi connectivity index (χ1) is 8.66. The van der Waals surface area contributed by atoms with Gasteiger partial charge in [-0.15, -0.1) is 0 Å². The van der Waals surface area contributed by atoms with Gasteiger partial charge in [-0.3, -0.25) is 5.43 Å². The highest BCUT2D eigenvalue weighted by Crippen LogP contribution is 2.20.